The minimum Gasteiger partial charge on any atom is -0.352 e. The van der Waals surface area contributed by atoms with Crippen LogP contribution in [-0.4, -0.2) is 18.3 Å². The van der Waals surface area contributed by atoms with E-state index in [1.54, 1.807) is 0 Å². The molecule has 1 N–H and O–H groups in total. The molecule has 1 atom stereocenters. The van der Waals surface area contributed by atoms with Crippen LogP contribution < -0.4 is 5.32 Å². The number of alkyl halides is 1. The molecule has 106 valence electrons. The van der Waals surface area contributed by atoms with Crippen LogP contribution in [0.3, 0.4) is 0 Å². The zero-order valence-electron chi connectivity index (χ0n) is 11.7. The highest BCUT2D eigenvalue weighted by molar-refractivity contribution is 6.18. The van der Waals surface area contributed by atoms with E-state index in [0.717, 1.165) is 29.2 Å². The van der Waals surface area contributed by atoms with Crippen LogP contribution in [0.2, 0.25) is 0 Å². The second-order valence-corrected chi connectivity index (χ2v) is 5.49. The summed E-state index contributed by atoms with van der Waals surface area (Å²) in [4.78, 5) is 12.2. The van der Waals surface area contributed by atoms with Crippen LogP contribution in [0.4, 0.5) is 0 Å². The van der Waals surface area contributed by atoms with Crippen molar-refractivity contribution in [2.75, 3.05) is 12.4 Å². The maximum Gasteiger partial charge on any atom is 0.251 e. The Bertz CT molecular complexity index is 577. The molecule has 0 radical (unpaired) electrons. The van der Waals surface area contributed by atoms with E-state index in [9.17, 15) is 4.79 Å². The van der Waals surface area contributed by atoms with Gasteiger partial charge in [-0.2, -0.15) is 0 Å². The summed E-state index contributed by atoms with van der Waals surface area (Å²) < 4.78 is 0. The standard InChI is InChI=1S/C17H20ClNO/c1-13(12-18)6-5-11-19-17(20)16-10-4-8-14-7-2-3-9-15(14)16/h2-4,7-10,13H,5-6,11-12H2,1H3,(H,19,20). The van der Waals surface area contributed by atoms with E-state index < -0.39 is 0 Å². The lowest BCUT2D eigenvalue weighted by Crippen LogP contribution is -2.25. The zero-order valence-corrected chi connectivity index (χ0v) is 12.5. The third-order valence-corrected chi connectivity index (χ3v) is 3.98. The van der Waals surface area contributed by atoms with Gasteiger partial charge in [0, 0.05) is 18.0 Å². The average molecular weight is 290 g/mol. The number of halogens is 1. The van der Waals surface area contributed by atoms with Crippen molar-refractivity contribution in [2.24, 2.45) is 5.92 Å². The van der Waals surface area contributed by atoms with Gasteiger partial charge in [-0.25, -0.2) is 0 Å². The van der Waals surface area contributed by atoms with Gasteiger partial charge in [-0.05, 0) is 35.6 Å². The van der Waals surface area contributed by atoms with Gasteiger partial charge in [0.25, 0.3) is 5.91 Å². The second-order valence-electron chi connectivity index (χ2n) is 5.18. The van der Waals surface area contributed by atoms with E-state index in [-0.39, 0.29) is 5.91 Å². The Hall–Kier alpha value is -1.54. The number of hydrogen-bond acceptors (Lipinski definition) is 1. The minimum absolute atomic E-state index is 0.000302. The monoisotopic (exact) mass is 289 g/mol. The van der Waals surface area contributed by atoms with Crippen molar-refractivity contribution < 1.29 is 4.79 Å². The molecule has 0 fully saturated rings. The highest BCUT2D eigenvalue weighted by Crippen LogP contribution is 2.18. The van der Waals surface area contributed by atoms with Gasteiger partial charge >= 0.3 is 0 Å². The lowest BCUT2D eigenvalue weighted by Gasteiger charge is -2.09. The molecular formula is C17H20ClNO. The molecular weight excluding hydrogens is 270 g/mol. The van der Waals surface area contributed by atoms with Gasteiger partial charge in [0.2, 0.25) is 0 Å². The third kappa shape index (κ3) is 3.73. The lowest BCUT2D eigenvalue weighted by atomic mass is 10.0. The summed E-state index contributed by atoms with van der Waals surface area (Å²) in [6.45, 7) is 2.82. The molecule has 0 saturated carbocycles. The minimum atomic E-state index is 0.000302. The topological polar surface area (TPSA) is 29.1 Å². The van der Waals surface area contributed by atoms with Crippen LogP contribution in [-0.2, 0) is 0 Å². The van der Waals surface area contributed by atoms with Crippen molar-refractivity contribution in [2.45, 2.75) is 19.8 Å². The highest BCUT2D eigenvalue weighted by Gasteiger charge is 2.09. The Morgan fingerprint density at radius 3 is 2.75 bits per heavy atom. The number of amides is 1. The van der Waals surface area contributed by atoms with E-state index in [1.165, 1.54) is 0 Å². The van der Waals surface area contributed by atoms with Gasteiger partial charge in [0.05, 0.1) is 0 Å². The summed E-state index contributed by atoms with van der Waals surface area (Å²) in [7, 11) is 0. The van der Waals surface area contributed by atoms with Crippen molar-refractivity contribution in [3.05, 3.63) is 48.0 Å². The van der Waals surface area contributed by atoms with E-state index in [1.807, 2.05) is 42.5 Å². The Morgan fingerprint density at radius 1 is 1.20 bits per heavy atom. The van der Waals surface area contributed by atoms with Crippen molar-refractivity contribution in [1.29, 1.82) is 0 Å². The van der Waals surface area contributed by atoms with Gasteiger partial charge in [-0.1, -0.05) is 43.3 Å². The van der Waals surface area contributed by atoms with Crippen LogP contribution in [0.5, 0.6) is 0 Å². The summed E-state index contributed by atoms with van der Waals surface area (Å²) in [5, 5.41) is 5.08. The SMILES string of the molecule is CC(CCl)CCCNC(=O)c1cccc2ccccc12. The average Bonchev–Trinajstić information content (AvgIpc) is 2.50. The fraction of sp³-hybridized carbons (Fsp3) is 0.353. The first-order chi connectivity index (χ1) is 9.72. The van der Waals surface area contributed by atoms with E-state index in [0.29, 0.717) is 18.3 Å². The second kappa shape index (κ2) is 7.30. The maximum atomic E-state index is 12.2. The number of carbonyl (C=O) groups excluding carboxylic acids is 1. The first-order valence-electron chi connectivity index (χ1n) is 7.04. The zero-order chi connectivity index (χ0) is 14.4. The molecule has 0 aromatic heterocycles. The number of benzene rings is 2. The summed E-state index contributed by atoms with van der Waals surface area (Å²) in [6, 6.07) is 13.8. The maximum absolute atomic E-state index is 12.2. The number of fused-ring (bicyclic) bond motifs is 1. The van der Waals surface area contributed by atoms with Crippen LogP contribution in [0.1, 0.15) is 30.1 Å². The van der Waals surface area contributed by atoms with Gasteiger partial charge in [-0.15, -0.1) is 11.6 Å². The molecule has 20 heavy (non-hydrogen) atoms. The van der Waals surface area contributed by atoms with Crippen LogP contribution in [0.25, 0.3) is 10.8 Å². The summed E-state index contributed by atoms with van der Waals surface area (Å²) in [5.74, 6) is 1.18. The molecule has 0 aliphatic rings. The molecule has 2 aromatic carbocycles. The largest absolute Gasteiger partial charge is 0.352 e. The van der Waals surface area contributed by atoms with Crippen molar-refractivity contribution in [3.63, 3.8) is 0 Å². The number of carbonyl (C=O) groups is 1. The molecule has 0 aliphatic heterocycles. The fourth-order valence-corrected chi connectivity index (χ4v) is 2.40. The normalized spacial score (nSPS) is 12.3. The summed E-state index contributed by atoms with van der Waals surface area (Å²) in [6.07, 6.45) is 2.00. The van der Waals surface area contributed by atoms with Crippen LogP contribution in [0.15, 0.2) is 42.5 Å². The Balaban J connectivity index is 1.98. The van der Waals surface area contributed by atoms with Crippen LogP contribution >= 0.6 is 11.6 Å². The molecule has 0 aliphatic carbocycles. The molecule has 3 heteroatoms. The Labute approximate surface area is 125 Å². The molecule has 0 saturated heterocycles. The fourth-order valence-electron chi connectivity index (χ4n) is 2.25. The predicted molar refractivity (Wildman–Crippen MR) is 85.4 cm³/mol. The number of nitrogens with one attached hydrogen (secondary N) is 1. The smallest absolute Gasteiger partial charge is 0.251 e. The Kier molecular flexibility index (Phi) is 5.42. The van der Waals surface area contributed by atoms with Gasteiger partial charge in [-0.3, -0.25) is 4.79 Å². The molecule has 0 spiro atoms. The van der Waals surface area contributed by atoms with Gasteiger partial charge < -0.3 is 5.32 Å². The molecule has 0 bridgehead atoms. The van der Waals surface area contributed by atoms with E-state index >= 15 is 0 Å². The van der Waals surface area contributed by atoms with Crippen molar-refractivity contribution >= 4 is 28.3 Å². The first kappa shape index (κ1) is 14.9. The summed E-state index contributed by atoms with van der Waals surface area (Å²) in [5.41, 5.74) is 0.744. The number of hydrogen-bond donors (Lipinski definition) is 1. The lowest BCUT2D eigenvalue weighted by molar-refractivity contribution is 0.0954. The molecule has 1 amide bonds. The molecule has 2 aromatic rings. The molecule has 2 rings (SSSR count). The predicted octanol–water partition coefficient (Wildman–Crippen LogP) is 4.22. The Morgan fingerprint density at radius 2 is 1.95 bits per heavy atom. The van der Waals surface area contributed by atoms with Crippen LogP contribution in [0, 0.1) is 5.92 Å². The molecule has 0 heterocycles. The first-order valence-corrected chi connectivity index (χ1v) is 7.57. The summed E-state index contributed by atoms with van der Waals surface area (Å²) >= 11 is 5.77. The molecule has 2 nitrogen and oxygen atoms in total. The van der Waals surface area contributed by atoms with Crippen molar-refractivity contribution in [1.82, 2.24) is 5.32 Å². The van der Waals surface area contributed by atoms with Gasteiger partial charge in [0.15, 0.2) is 0 Å². The third-order valence-electron chi connectivity index (χ3n) is 3.46. The molecule has 1 unspecified atom stereocenters. The highest BCUT2D eigenvalue weighted by atomic mass is 35.5. The van der Waals surface area contributed by atoms with E-state index in [2.05, 4.69) is 12.2 Å². The van der Waals surface area contributed by atoms with Gasteiger partial charge in [0.1, 0.15) is 0 Å². The quantitative estimate of drug-likeness (QED) is 0.626. The number of rotatable bonds is 6. The van der Waals surface area contributed by atoms with Crippen molar-refractivity contribution in [3.8, 4) is 0 Å². The van der Waals surface area contributed by atoms with E-state index in [4.69, 9.17) is 11.6 Å².